The van der Waals surface area contributed by atoms with Crippen molar-refractivity contribution in [2.75, 3.05) is 0 Å². The molecule has 3 aliphatic heterocycles. The molecule has 0 aromatic heterocycles. The number of hydrogen-bond donors (Lipinski definition) is 0. The van der Waals surface area contributed by atoms with E-state index in [0.29, 0.717) is 5.82 Å². The highest BCUT2D eigenvalue weighted by molar-refractivity contribution is 6.47. The number of fused-ring (bicyclic) bond motifs is 2. The van der Waals surface area contributed by atoms with Crippen molar-refractivity contribution >= 4 is 13.2 Å². The molecule has 0 saturated carbocycles. The molecule has 1 amide bonds. The van der Waals surface area contributed by atoms with E-state index in [2.05, 4.69) is 27.7 Å². The molecule has 0 aromatic carbocycles. The van der Waals surface area contributed by atoms with Crippen LogP contribution in [-0.2, 0) is 14.0 Å². The summed E-state index contributed by atoms with van der Waals surface area (Å²) in [6.45, 7) is 14.1. The highest BCUT2D eigenvalue weighted by Gasteiger charge is 2.57. The average Bonchev–Trinajstić information content (AvgIpc) is 2.78. The van der Waals surface area contributed by atoms with Crippen molar-refractivity contribution in [2.24, 2.45) is 0 Å². The van der Waals surface area contributed by atoms with Crippen molar-refractivity contribution in [1.82, 2.24) is 4.90 Å². The van der Waals surface area contributed by atoms with E-state index < -0.39 is 5.60 Å². The van der Waals surface area contributed by atoms with Gasteiger partial charge < -0.3 is 18.9 Å². The molecule has 3 saturated heterocycles. The summed E-state index contributed by atoms with van der Waals surface area (Å²) in [4.78, 5) is 14.5. The van der Waals surface area contributed by atoms with Gasteiger partial charge in [0, 0.05) is 12.1 Å². The monoisotopic (exact) mass is 337 g/mol. The number of carbonyl (C=O) groups excluding carboxylic acids is 1. The van der Waals surface area contributed by atoms with E-state index >= 15 is 0 Å². The van der Waals surface area contributed by atoms with Crippen LogP contribution in [0.25, 0.3) is 0 Å². The van der Waals surface area contributed by atoms with Crippen molar-refractivity contribution in [1.29, 1.82) is 0 Å². The first-order chi connectivity index (χ1) is 10.9. The molecule has 6 heteroatoms. The second-order valence-electron chi connectivity index (χ2n) is 9.63. The van der Waals surface area contributed by atoms with E-state index in [1.165, 1.54) is 0 Å². The summed E-state index contributed by atoms with van der Waals surface area (Å²) < 4.78 is 18.1. The highest BCUT2D eigenvalue weighted by atomic mass is 16.7. The summed E-state index contributed by atoms with van der Waals surface area (Å²) in [7, 11) is -0.168. The summed E-state index contributed by atoms with van der Waals surface area (Å²) in [5, 5.41) is 0. The van der Waals surface area contributed by atoms with Gasteiger partial charge in [0.25, 0.3) is 0 Å². The minimum absolute atomic E-state index is 0.164. The minimum atomic E-state index is -0.445. The summed E-state index contributed by atoms with van der Waals surface area (Å²) in [5.74, 6) is 0.349. The van der Waals surface area contributed by atoms with Crippen LogP contribution in [0.3, 0.4) is 0 Å². The van der Waals surface area contributed by atoms with E-state index in [4.69, 9.17) is 14.0 Å². The molecule has 5 nitrogen and oxygen atoms in total. The van der Waals surface area contributed by atoms with E-state index in [1.807, 2.05) is 25.7 Å². The zero-order valence-corrected chi connectivity index (χ0v) is 16.2. The molecule has 0 aromatic rings. The minimum Gasteiger partial charge on any atom is -0.444 e. The molecule has 3 heterocycles. The normalized spacial score (nSPS) is 34.5. The molecule has 2 bridgehead atoms. The van der Waals surface area contributed by atoms with Crippen molar-refractivity contribution < 1.29 is 18.8 Å². The van der Waals surface area contributed by atoms with E-state index in [9.17, 15) is 4.79 Å². The topological polar surface area (TPSA) is 48.0 Å². The molecule has 0 N–H and O–H groups in total. The van der Waals surface area contributed by atoms with Gasteiger partial charge in [-0.1, -0.05) is 0 Å². The van der Waals surface area contributed by atoms with Crippen molar-refractivity contribution in [2.45, 2.75) is 109 Å². The summed E-state index contributed by atoms with van der Waals surface area (Å²) in [6.07, 6.45) is 3.82. The predicted molar refractivity (Wildman–Crippen MR) is 93.9 cm³/mol. The lowest BCUT2D eigenvalue weighted by Gasteiger charge is -2.39. The third kappa shape index (κ3) is 3.19. The fourth-order valence-corrected chi connectivity index (χ4v) is 4.14. The van der Waals surface area contributed by atoms with Gasteiger partial charge in [0.2, 0.25) is 0 Å². The molecule has 3 aliphatic rings. The van der Waals surface area contributed by atoms with Crippen molar-refractivity contribution in [3.8, 4) is 0 Å². The van der Waals surface area contributed by atoms with Crippen molar-refractivity contribution in [3.63, 3.8) is 0 Å². The standard InChI is InChI=1S/C18H32BNO4/c1-16(2,3)22-15(21)20-13-8-9-14(20)11-12(10-13)19-23-17(4,5)18(6,7)24-19/h12-14H,8-11H2,1-7H3. The first-order valence-corrected chi connectivity index (χ1v) is 9.26. The third-order valence-corrected chi connectivity index (χ3v) is 6.03. The summed E-state index contributed by atoms with van der Waals surface area (Å²) in [6, 6.07) is 0.505. The molecule has 136 valence electrons. The Morgan fingerprint density at radius 2 is 1.50 bits per heavy atom. The fourth-order valence-electron chi connectivity index (χ4n) is 4.14. The largest absolute Gasteiger partial charge is 0.461 e. The van der Waals surface area contributed by atoms with E-state index in [-0.39, 0.29) is 36.5 Å². The molecule has 2 atom stereocenters. The highest BCUT2D eigenvalue weighted by Crippen LogP contribution is 2.48. The van der Waals surface area contributed by atoms with Gasteiger partial charge in [-0.2, -0.15) is 0 Å². The molecular formula is C18H32BNO4. The van der Waals surface area contributed by atoms with Gasteiger partial charge in [-0.3, -0.25) is 0 Å². The van der Waals surface area contributed by atoms with Crippen LogP contribution in [0, 0.1) is 0 Å². The zero-order chi connectivity index (χ0) is 17.9. The Balaban J connectivity index is 1.67. The lowest BCUT2D eigenvalue weighted by molar-refractivity contribution is 0.00578. The van der Waals surface area contributed by atoms with Gasteiger partial charge >= 0.3 is 13.2 Å². The maximum atomic E-state index is 12.5. The van der Waals surface area contributed by atoms with Crippen LogP contribution in [0.4, 0.5) is 4.79 Å². The van der Waals surface area contributed by atoms with Crippen molar-refractivity contribution in [3.05, 3.63) is 0 Å². The molecule has 24 heavy (non-hydrogen) atoms. The molecule has 2 unspecified atom stereocenters. The number of hydrogen-bond acceptors (Lipinski definition) is 4. The second-order valence-corrected chi connectivity index (χ2v) is 9.63. The smallest absolute Gasteiger partial charge is 0.444 e. The van der Waals surface area contributed by atoms with Gasteiger partial charge in [-0.25, -0.2) is 4.79 Å². The SMILES string of the molecule is CC(C)(C)OC(=O)N1C2CCC1CC(B1OC(C)(C)C(C)(C)O1)C2. The van der Waals surface area contributed by atoms with Crippen LogP contribution >= 0.6 is 0 Å². The van der Waals surface area contributed by atoms with Crippen LogP contribution in [0.15, 0.2) is 0 Å². The summed E-state index contributed by atoms with van der Waals surface area (Å²) in [5.41, 5.74) is -1.03. The Kier molecular flexibility index (Phi) is 4.24. The quantitative estimate of drug-likeness (QED) is 0.678. The molecule has 3 fully saturated rings. The van der Waals surface area contributed by atoms with Gasteiger partial charge in [-0.15, -0.1) is 0 Å². The molecule has 0 spiro atoms. The number of ether oxygens (including phenoxy) is 1. The molecule has 3 rings (SSSR count). The lowest BCUT2D eigenvalue weighted by atomic mass is 9.65. The number of carbonyl (C=O) groups is 1. The molecular weight excluding hydrogens is 305 g/mol. The average molecular weight is 337 g/mol. The van der Waals surface area contributed by atoms with Gasteiger partial charge in [-0.05, 0) is 80.0 Å². The Morgan fingerprint density at radius 3 is 1.92 bits per heavy atom. The Morgan fingerprint density at radius 1 is 1.04 bits per heavy atom. The van der Waals surface area contributed by atoms with E-state index in [0.717, 1.165) is 25.7 Å². The van der Waals surface area contributed by atoms with Crippen LogP contribution < -0.4 is 0 Å². The van der Waals surface area contributed by atoms with Crippen LogP contribution in [0.5, 0.6) is 0 Å². The molecule has 0 aliphatic carbocycles. The predicted octanol–water partition coefficient (Wildman–Crippen LogP) is 4.01. The Labute approximate surface area is 146 Å². The Bertz CT molecular complexity index is 484. The number of amides is 1. The fraction of sp³-hybridized carbons (Fsp3) is 0.944. The second kappa shape index (κ2) is 5.63. The lowest BCUT2D eigenvalue weighted by Crippen LogP contribution is -2.49. The van der Waals surface area contributed by atoms with Gasteiger partial charge in [0.15, 0.2) is 0 Å². The number of rotatable bonds is 1. The van der Waals surface area contributed by atoms with E-state index in [1.54, 1.807) is 0 Å². The first-order valence-electron chi connectivity index (χ1n) is 9.26. The van der Waals surface area contributed by atoms with Gasteiger partial charge in [0.05, 0.1) is 11.2 Å². The molecule has 0 radical (unpaired) electrons. The number of nitrogens with zero attached hydrogens (tertiary/aromatic N) is 1. The number of piperidine rings is 1. The maximum Gasteiger partial charge on any atom is 0.461 e. The van der Waals surface area contributed by atoms with Crippen LogP contribution in [0.2, 0.25) is 5.82 Å². The van der Waals surface area contributed by atoms with Crippen LogP contribution in [-0.4, -0.2) is 47.0 Å². The first kappa shape index (κ1) is 18.1. The van der Waals surface area contributed by atoms with Gasteiger partial charge in [0.1, 0.15) is 5.60 Å². The Hall–Kier alpha value is -0.745. The zero-order valence-electron chi connectivity index (χ0n) is 16.2. The third-order valence-electron chi connectivity index (χ3n) is 6.03. The van der Waals surface area contributed by atoms with Crippen LogP contribution in [0.1, 0.15) is 74.1 Å². The summed E-state index contributed by atoms with van der Waals surface area (Å²) >= 11 is 0. The maximum absolute atomic E-state index is 12.5.